The van der Waals surface area contributed by atoms with Crippen LogP contribution in [0.5, 0.6) is 0 Å². The lowest BCUT2D eigenvalue weighted by Crippen LogP contribution is -2.40. The van der Waals surface area contributed by atoms with Crippen molar-refractivity contribution < 1.29 is 23.0 Å². The third kappa shape index (κ3) is 5.68. The van der Waals surface area contributed by atoms with Gasteiger partial charge in [-0.15, -0.1) is 0 Å². The number of aromatic nitrogens is 3. The summed E-state index contributed by atoms with van der Waals surface area (Å²) < 4.78 is 40.1. The summed E-state index contributed by atoms with van der Waals surface area (Å²) >= 11 is 0. The number of benzene rings is 1. The summed E-state index contributed by atoms with van der Waals surface area (Å²) in [5.74, 6) is -1.35. The predicted molar refractivity (Wildman–Crippen MR) is 127 cm³/mol. The summed E-state index contributed by atoms with van der Waals surface area (Å²) in [6.07, 6.45) is 2.55. The van der Waals surface area contributed by atoms with Crippen LogP contribution in [-0.4, -0.2) is 42.1 Å². The molecule has 1 aliphatic heterocycles. The molecule has 180 valence electrons. The maximum absolute atomic E-state index is 13.7. The van der Waals surface area contributed by atoms with E-state index < -0.39 is 31.9 Å². The van der Waals surface area contributed by atoms with Gasteiger partial charge in [-0.3, -0.25) is 9.88 Å². The third-order valence-corrected chi connectivity index (χ3v) is 7.32. The van der Waals surface area contributed by atoms with Gasteiger partial charge in [-0.05, 0) is 35.9 Å². The van der Waals surface area contributed by atoms with Gasteiger partial charge in [-0.2, -0.15) is 5.10 Å². The van der Waals surface area contributed by atoms with Gasteiger partial charge in [0, 0.05) is 51.7 Å². The van der Waals surface area contributed by atoms with Crippen molar-refractivity contribution in [1.82, 2.24) is 14.8 Å². The Kier molecular flexibility index (Phi) is 7.08. The van der Waals surface area contributed by atoms with Crippen LogP contribution in [0.3, 0.4) is 0 Å². The Labute approximate surface area is 198 Å². The number of ether oxygens (including phenoxy) is 2. The minimum Gasteiger partial charge on any atom is -0.441 e. The number of anilines is 1. The molecule has 2 aromatic heterocycles. The van der Waals surface area contributed by atoms with Crippen molar-refractivity contribution in [3.8, 4) is 11.3 Å². The highest BCUT2D eigenvalue weighted by molar-refractivity contribution is 6.76. The summed E-state index contributed by atoms with van der Waals surface area (Å²) in [7, 11) is -1.24. The number of hydrogen-bond acceptors (Lipinski definition) is 5. The molecular formula is C24H28F2N4O3Si. The van der Waals surface area contributed by atoms with Gasteiger partial charge < -0.3 is 9.47 Å². The number of rotatable bonds is 8. The lowest BCUT2D eigenvalue weighted by molar-refractivity contribution is 0.0732. The summed E-state index contributed by atoms with van der Waals surface area (Å²) in [5, 5.41) is 4.66. The van der Waals surface area contributed by atoms with Crippen molar-refractivity contribution in [2.75, 3.05) is 18.1 Å². The van der Waals surface area contributed by atoms with Gasteiger partial charge in [-0.25, -0.2) is 18.3 Å². The lowest BCUT2D eigenvalue weighted by atomic mass is 10.0. The second kappa shape index (κ2) is 10.0. The van der Waals surface area contributed by atoms with E-state index in [-0.39, 0.29) is 6.73 Å². The third-order valence-electron chi connectivity index (χ3n) is 5.62. The van der Waals surface area contributed by atoms with Gasteiger partial charge in [0.25, 0.3) is 0 Å². The van der Waals surface area contributed by atoms with Crippen molar-refractivity contribution in [2.24, 2.45) is 0 Å². The Morgan fingerprint density at radius 2 is 1.88 bits per heavy atom. The summed E-state index contributed by atoms with van der Waals surface area (Å²) in [4.78, 5) is 18.5. The number of carbonyl (C=O) groups is 1. The number of pyridine rings is 1. The smallest absolute Gasteiger partial charge is 0.416 e. The second-order valence-corrected chi connectivity index (χ2v) is 15.1. The van der Waals surface area contributed by atoms with Crippen LogP contribution < -0.4 is 4.90 Å². The number of halogens is 2. The van der Waals surface area contributed by atoms with Gasteiger partial charge in [0.2, 0.25) is 0 Å². The van der Waals surface area contributed by atoms with Gasteiger partial charge in [-0.1, -0.05) is 25.7 Å². The zero-order valence-corrected chi connectivity index (χ0v) is 20.5. The van der Waals surface area contributed by atoms with Crippen LogP contribution in [0.1, 0.15) is 18.1 Å². The molecule has 0 bridgehead atoms. The fourth-order valence-electron chi connectivity index (χ4n) is 3.65. The Morgan fingerprint density at radius 1 is 1.12 bits per heavy atom. The molecule has 3 heterocycles. The second-order valence-electron chi connectivity index (χ2n) is 9.46. The molecular weight excluding hydrogens is 458 g/mol. The van der Waals surface area contributed by atoms with Crippen LogP contribution >= 0.6 is 0 Å². The molecule has 1 amide bonds. The molecule has 34 heavy (non-hydrogen) atoms. The van der Waals surface area contributed by atoms with Crippen LogP contribution in [0, 0.1) is 11.6 Å². The van der Waals surface area contributed by atoms with E-state index in [2.05, 4.69) is 29.7 Å². The van der Waals surface area contributed by atoms with Crippen molar-refractivity contribution in [3.63, 3.8) is 0 Å². The lowest BCUT2D eigenvalue weighted by Gasteiger charge is -2.32. The van der Waals surface area contributed by atoms with Crippen LogP contribution in [0.2, 0.25) is 25.7 Å². The highest BCUT2D eigenvalue weighted by atomic mass is 28.3. The first-order chi connectivity index (χ1) is 16.2. The van der Waals surface area contributed by atoms with E-state index in [1.807, 2.05) is 18.2 Å². The highest BCUT2D eigenvalue weighted by Gasteiger charge is 2.32. The zero-order valence-electron chi connectivity index (χ0n) is 19.5. The molecule has 0 saturated carbocycles. The number of cyclic esters (lactones) is 1. The van der Waals surface area contributed by atoms with Gasteiger partial charge in [0.15, 0.2) is 11.6 Å². The normalized spacial score (nSPS) is 16.6. The van der Waals surface area contributed by atoms with E-state index in [1.165, 1.54) is 11.0 Å². The summed E-state index contributed by atoms with van der Waals surface area (Å²) in [6.45, 7) is 7.99. The van der Waals surface area contributed by atoms with Gasteiger partial charge in [0.1, 0.15) is 18.7 Å². The molecule has 1 saturated heterocycles. The number of hydrogen-bond donors (Lipinski definition) is 0. The molecule has 1 fully saturated rings. The van der Waals surface area contributed by atoms with Gasteiger partial charge >= 0.3 is 6.09 Å². The molecule has 0 N–H and O–H groups in total. The van der Waals surface area contributed by atoms with Crippen LogP contribution in [0.15, 0.2) is 48.8 Å². The number of amides is 1. The molecule has 7 nitrogen and oxygen atoms in total. The van der Waals surface area contributed by atoms with E-state index in [0.717, 1.165) is 23.7 Å². The SMILES string of the molecule is C[Si](C)(C)CCOCn1nc(-c2ccncc2)cc1N1CCC(c2ccc(F)c(F)c2)OC1=O. The van der Waals surface area contributed by atoms with Crippen LogP contribution in [0.25, 0.3) is 11.3 Å². The van der Waals surface area contributed by atoms with Crippen LogP contribution in [-0.2, 0) is 16.2 Å². The van der Waals surface area contributed by atoms with E-state index in [4.69, 9.17) is 9.47 Å². The number of nitrogens with zero attached hydrogens (tertiary/aromatic N) is 4. The molecule has 1 atom stereocenters. The van der Waals surface area contributed by atoms with Crippen LogP contribution in [0.4, 0.5) is 19.4 Å². The first-order valence-electron chi connectivity index (χ1n) is 11.2. The van der Waals surface area contributed by atoms with Crippen molar-refractivity contribution in [3.05, 3.63) is 66.0 Å². The van der Waals surface area contributed by atoms with Crippen molar-refractivity contribution in [2.45, 2.75) is 44.9 Å². The monoisotopic (exact) mass is 486 g/mol. The molecule has 10 heteroatoms. The van der Waals surface area contributed by atoms with E-state index in [9.17, 15) is 13.6 Å². The van der Waals surface area contributed by atoms with E-state index >= 15 is 0 Å². The number of carbonyl (C=O) groups excluding carboxylic acids is 1. The van der Waals surface area contributed by atoms with Crippen molar-refractivity contribution in [1.29, 1.82) is 0 Å². The average molecular weight is 487 g/mol. The Hall–Kier alpha value is -3.11. The topological polar surface area (TPSA) is 69.5 Å². The molecule has 1 aliphatic rings. The first-order valence-corrected chi connectivity index (χ1v) is 14.9. The summed E-state index contributed by atoms with van der Waals surface area (Å²) in [6, 6.07) is 10.1. The predicted octanol–water partition coefficient (Wildman–Crippen LogP) is 5.62. The first kappa shape index (κ1) is 24.0. The van der Waals surface area contributed by atoms with E-state index in [1.54, 1.807) is 17.1 Å². The maximum Gasteiger partial charge on any atom is 0.416 e. The molecule has 0 radical (unpaired) electrons. The molecule has 1 aromatic carbocycles. The summed E-state index contributed by atoms with van der Waals surface area (Å²) in [5.41, 5.74) is 1.97. The Morgan fingerprint density at radius 3 is 2.56 bits per heavy atom. The molecule has 0 spiro atoms. The maximum atomic E-state index is 13.7. The highest BCUT2D eigenvalue weighted by Crippen LogP contribution is 2.32. The molecule has 0 aliphatic carbocycles. The Bertz CT molecular complexity index is 1150. The standard InChI is InChI=1S/C24H28F2N4O3Si/c1-34(2,3)13-12-32-16-30-23(15-21(28-30)17-6-9-27-10-7-17)29-11-8-22(33-24(29)31)18-4-5-19(25)20(26)14-18/h4-7,9-10,14-15,22H,8,11-13,16H2,1-3H3. The fraction of sp³-hybridized carbons (Fsp3) is 0.375. The minimum absolute atomic E-state index is 0.196. The largest absolute Gasteiger partial charge is 0.441 e. The fourth-order valence-corrected chi connectivity index (χ4v) is 4.41. The quantitative estimate of drug-likeness (QED) is 0.305. The van der Waals surface area contributed by atoms with E-state index in [0.29, 0.717) is 36.6 Å². The zero-order chi connectivity index (χ0) is 24.3. The Balaban J connectivity index is 1.53. The molecule has 4 rings (SSSR count). The molecule has 3 aromatic rings. The van der Waals surface area contributed by atoms with Gasteiger partial charge in [0.05, 0.1) is 5.69 Å². The molecule has 1 unspecified atom stereocenters. The van der Waals surface area contributed by atoms with Crippen molar-refractivity contribution >= 4 is 20.0 Å². The minimum atomic E-state index is -1.24. The average Bonchev–Trinajstić information content (AvgIpc) is 3.22.